The van der Waals surface area contributed by atoms with Gasteiger partial charge in [-0.1, -0.05) is 0 Å². The number of alkyl halides is 3. The summed E-state index contributed by atoms with van der Waals surface area (Å²) >= 11 is 0. The van der Waals surface area contributed by atoms with Crippen molar-refractivity contribution in [2.45, 2.75) is 19.7 Å². The molecule has 0 fully saturated rings. The molecule has 11 heteroatoms. The number of nitrogens with zero attached hydrogens (tertiary/aromatic N) is 2. The van der Waals surface area contributed by atoms with Crippen LogP contribution in [0, 0.1) is 10.1 Å². The van der Waals surface area contributed by atoms with Gasteiger partial charge in [0.25, 0.3) is 0 Å². The van der Waals surface area contributed by atoms with Crippen LogP contribution in [0.4, 0.5) is 19.0 Å². The van der Waals surface area contributed by atoms with E-state index in [1.807, 2.05) is 0 Å². The first-order valence-corrected chi connectivity index (χ1v) is 5.81. The van der Waals surface area contributed by atoms with Gasteiger partial charge in [0.15, 0.2) is 0 Å². The van der Waals surface area contributed by atoms with Gasteiger partial charge in [0.2, 0.25) is 5.75 Å². The Labute approximate surface area is 121 Å². The van der Waals surface area contributed by atoms with Gasteiger partial charge in [-0.25, -0.2) is 0 Å². The highest BCUT2D eigenvalue weighted by Gasteiger charge is 2.37. The third-order valence-electron chi connectivity index (χ3n) is 2.25. The minimum absolute atomic E-state index is 0.0419. The highest BCUT2D eigenvalue weighted by molar-refractivity contribution is 5.74. The van der Waals surface area contributed by atoms with Gasteiger partial charge in [0.05, 0.1) is 20.1 Å². The van der Waals surface area contributed by atoms with Crippen LogP contribution in [0.15, 0.2) is 6.07 Å². The van der Waals surface area contributed by atoms with Gasteiger partial charge in [-0.15, -0.1) is 13.2 Å². The topological polar surface area (TPSA) is 101 Å². The third kappa shape index (κ3) is 4.75. The molecule has 0 saturated heterocycles. The van der Waals surface area contributed by atoms with Gasteiger partial charge in [-0.2, -0.15) is 0 Å². The van der Waals surface area contributed by atoms with Crippen molar-refractivity contribution >= 4 is 11.8 Å². The fraction of sp³-hybridized carbons (Fsp3) is 0.455. The average molecular weight is 324 g/mol. The van der Waals surface area contributed by atoms with E-state index < -0.39 is 41.1 Å². The normalized spacial score (nSPS) is 11.0. The number of methoxy groups -OCH3 is 1. The minimum Gasteiger partial charge on any atom is -0.489 e. The molecule has 1 aromatic heterocycles. The summed E-state index contributed by atoms with van der Waals surface area (Å²) in [6.45, 7) is 1.57. The molecule has 22 heavy (non-hydrogen) atoms. The Kier molecular flexibility index (Phi) is 5.49. The van der Waals surface area contributed by atoms with Crippen molar-refractivity contribution < 1.29 is 37.1 Å². The number of ether oxygens (including phenoxy) is 3. The van der Waals surface area contributed by atoms with Crippen molar-refractivity contribution in [3.63, 3.8) is 0 Å². The van der Waals surface area contributed by atoms with E-state index in [9.17, 15) is 28.1 Å². The van der Waals surface area contributed by atoms with Gasteiger partial charge in [0.1, 0.15) is 0 Å². The molecule has 1 aromatic rings. The van der Waals surface area contributed by atoms with Gasteiger partial charge >= 0.3 is 24.0 Å². The number of aromatic nitrogens is 1. The number of hydrogen-bond donors (Lipinski definition) is 0. The standard InChI is InChI=1S/C11H11F3N2O6/c1-3-21-8(17)5-6-4-7(16(18)19)15-10(9(6)20-2)22-11(12,13)14/h4H,3,5H2,1-2H3. The van der Waals surface area contributed by atoms with Crippen molar-refractivity contribution in [3.05, 3.63) is 21.7 Å². The zero-order chi connectivity index (χ0) is 16.9. The first-order valence-electron chi connectivity index (χ1n) is 5.81. The van der Waals surface area contributed by atoms with Crippen LogP contribution in [0.3, 0.4) is 0 Å². The molecule has 0 aliphatic heterocycles. The molecule has 0 aromatic carbocycles. The number of carbonyl (C=O) groups excluding carboxylic acids is 1. The van der Waals surface area contributed by atoms with E-state index in [2.05, 4.69) is 14.5 Å². The number of rotatable bonds is 6. The molecule has 1 rings (SSSR count). The van der Waals surface area contributed by atoms with Crippen molar-refractivity contribution in [3.8, 4) is 11.6 Å². The predicted molar refractivity (Wildman–Crippen MR) is 64.5 cm³/mol. The van der Waals surface area contributed by atoms with Crippen LogP contribution in [0.5, 0.6) is 11.6 Å². The summed E-state index contributed by atoms with van der Waals surface area (Å²) in [6, 6.07) is 0.818. The van der Waals surface area contributed by atoms with Gasteiger partial charge in [-0.3, -0.25) is 4.79 Å². The molecule has 0 radical (unpaired) electrons. The third-order valence-corrected chi connectivity index (χ3v) is 2.25. The highest BCUT2D eigenvalue weighted by atomic mass is 19.4. The molecular weight excluding hydrogens is 313 g/mol. The molecule has 0 atom stereocenters. The molecule has 122 valence electrons. The van der Waals surface area contributed by atoms with E-state index in [-0.39, 0.29) is 12.2 Å². The second-order valence-corrected chi connectivity index (χ2v) is 3.76. The van der Waals surface area contributed by atoms with E-state index in [1.54, 1.807) is 0 Å². The lowest BCUT2D eigenvalue weighted by Crippen LogP contribution is -2.19. The fourth-order valence-electron chi connectivity index (χ4n) is 1.54. The molecule has 0 aliphatic carbocycles. The summed E-state index contributed by atoms with van der Waals surface area (Å²) in [4.78, 5) is 24.3. The van der Waals surface area contributed by atoms with Crippen molar-refractivity contribution in [1.82, 2.24) is 4.98 Å². The number of pyridine rings is 1. The lowest BCUT2D eigenvalue weighted by atomic mass is 10.1. The molecule has 0 amide bonds. The van der Waals surface area contributed by atoms with Gasteiger partial charge < -0.3 is 24.3 Å². The van der Waals surface area contributed by atoms with Crippen LogP contribution in [-0.2, 0) is 16.0 Å². The number of nitro groups is 1. The molecule has 0 unspecified atom stereocenters. The van der Waals surface area contributed by atoms with E-state index in [0.29, 0.717) is 0 Å². The zero-order valence-corrected chi connectivity index (χ0v) is 11.5. The average Bonchev–Trinajstić information content (AvgIpc) is 2.36. The molecule has 8 nitrogen and oxygen atoms in total. The minimum atomic E-state index is -5.13. The Morgan fingerprint density at radius 3 is 2.55 bits per heavy atom. The first kappa shape index (κ1) is 17.5. The van der Waals surface area contributed by atoms with Gasteiger partial charge in [0, 0.05) is 16.6 Å². The van der Waals surface area contributed by atoms with Gasteiger partial charge in [-0.05, 0) is 11.8 Å². The second-order valence-electron chi connectivity index (χ2n) is 3.76. The maximum atomic E-state index is 12.3. The smallest absolute Gasteiger partial charge is 0.489 e. The first-order chi connectivity index (χ1) is 10.2. The summed E-state index contributed by atoms with van der Waals surface area (Å²) in [7, 11) is 1.01. The molecule has 0 saturated carbocycles. The number of hydrogen-bond acceptors (Lipinski definition) is 7. The number of carbonyl (C=O) groups is 1. The number of halogens is 3. The summed E-state index contributed by atoms with van der Waals surface area (Å²) in [5.41, 5.74) is -0.207. The van der Waals surface area contributed by atoms with Crippen LogP contribution in [0.25, 0.3) is 0 Å². The Morgan fingerprint density at radius 2 is 2.09 bits per heavy atom. The lowest BCUT2D eigenvalue weighted by Gasteiger charge is -2.11. The summed E-state index contributed by atoms with van der Waals surface area (Å²) in [6.07, 6.45) is -5.66. The monoisotopic (exact) mass is 324 g/mol. The van der Waals surface area contributed by atoms with Crippen LogP contribution < -0.4 is 9.47 Å². The largest absolute Gasteiger partial charge is 0.575 e. The summed E-state index contributed by atoms with van der Waals surface area (Å²) < 4.78 is 49.9. The number of esters is 1. The Morgan fingerprint density at radius 1 is 1.45 bits per heavy atom. The molecule has 0 aliphatic rings. The zero-order valence-electron chi connectivity index (χ0n) is 11.5. The van der Waals surface area contributed by atoms with E-state index in [1.165, 1.54) is 6.92 Å². The summed E-state index contributed by atoms with van der Waals surface area (Å²) in [5, 5.41) is 10.7. The van der Waals surface area contributed by atoms with Crippen LogP contribution in [0.1, 0.15) is 12.5 Å². The van der Waals surface area contributed by atoms with Crippen molar-refractivity contribution in [2.24, 2.45) is 0 Å². The molecular formula is C11H11F3N2O6. The second kappa shape index (κ2) is 6.91. The SMILES string of the molecule is CCOC(=O)Cc1cc([N+](=O)[O-])nc(OC(F)(F)F)c1OC. The van der Waals surface area contributed by atoms with Crippen LogP contribution >= 0.6 is 0 Å². The highest BCUT2D eigenvalue weighted by Crippen LogP contribution is 2.36. The van der Waals surface area contributed by atoms with E-state index >= 15 is 0 Å². The van der Waals surface area contributed by atoms with E-state index in [0.717, 1.165) is 13.2 Å². The fourth-order valence-corrected chi connectivity index (χ4v) is 1.54. The van der Waals surface area contributed by atoms with Crippen LogP contribution in [-0.4, -0.2) is 36.0 Å². The Balaban J connectivity index is 3.33. The lowest BCUT2D eigenvalue weighted by molar-refractivity contribution is -0.390. The van der Waals surface area contributed by atoms with E-state index in [4.69, 9.17) is 4.74 Å². The molecule has 0 N–H and O–H groups in total. The molecule has 0 bridgehead atoms. The van der Waals surface area contributed by atoms with Crippen LogP contribution in [0.2, 0.25) is 0 Å². The van der Waals surface area contributed by atoms with Crippen molar-refractivity contribution in [1.29, 1.82) is 0 Å². The quantitative estimate of drug-likeness (QED) is 0.448. The predicted octanol–water partition coefficient (Wildman–Crippen LogP) is 2.00. The maximum Gasteiger partial charge on any atom is 0.575 e. The Hall–Kier alpha value is -2.59. The molecule has 0 spiro atoms. The Bertz CT molecular complexity index is 576. The summed E-state index contributed by atoms with van der Waals surface area (Å²) in [5.74, 6) is -3.39. The maximum absolute atomic E-state index is 12.3. The molecule has 1 heterocycles. The van der Waals surface area contributed by atoms with Crippen molar-refractivity contribution in [2.75, 3.05) is 13.7 Å².